The van der Waals surface area contributed by atoms with E-state index in [1.165, 1.54) is 31.2 Å². The van der Waals surface area contributed by atoms with Crippen molar-refractivity contribution in [1.29, 1.82) is 0 Å². The Morgan fingerprint density at radius 1 is 1.14 bits per heavy atom. The van der Waals surface area contributed by atoms with Crippen LogP contribution in [-0.4, -0.2) is 12.5 Å². The summed E-state index contributed by atoms with van der Waals surface area (Å²) in [6.07, 6.45) is 7.19. The van der Waals surface area contributed by atoms with Crippen molar-refractivity contribution in [2.24, 2.45) is 17.8 Å². The Morgan fingerprint density at radius 3 is 2.57 bits per heavy atom. The molecule has 1 amide bonds. The Hall–Kier alpha value is -1.22. The van der Waals surface area contributed by atoms with E-state index < -0.39 is 0 Å². The molecule has 3 aliphatic rings. The van der Waals surface area contributed by atoms with Gasteiger partial charge in [0.1, 0.15) is 0 Å². The van der Waals surface area contributed by atoms with Crippen molar-refractivity contribution in [3.63, 3.8) is 0 Å². The molecule has 0 aromatic heterocycles. The third-order valence-electron chi connectivity index (χ3n) is 5.49. The van der Waals surface area contributed by atoms with Gasteiger partial charge in [0.05, 0.1) is 0 Å². The molecule has 0 saturated heterocycles. The van der Waals surface area contributed by atoms with Gasteiger partial charge in [0, 0.05) is 23.8 Å². The minimum Gasteiger partial charge on any atom is -0.398 e. The van der Waals surface area contributed by atoms with Crippen molar-refractivity contribution >= 4 is 29.7 Å². The molecule has 1 aliphatic heterocycles. The number of amides is 1. The summed E-state index contributed by atoms with van der Waals surface area (Å²) >= 11 is 0. The zero-order valence-electron chi connectivity index (χ0n) is 12.3. The second-order valence-electron chi connectivity index (χ2n) is 6.58. The molecule has 2 N–H and O–H groups in total. The van der Waals surface area contributed by atoms with Crippen LogP contribution < -0.4 is 10.6 Å². The van der Waals surface area contributed by atoms with Crippen LogP contribution in [0.5, 0.6) is 0 Å². The number of rotatable bonds is 1. The highest BCUT2D eigenvalue weighted by atomic mass is 35.5. The molecule has 21 heavy (non-hydrogen) atoms. The van der Waals surface area contributed by atoms with Crippen LogP contribution in [0.25, 0.3) is 0 Å². The van der Waals surface area contributed by atoms with Crippen molar-refractivity contribution < 1.29 is 4.79 Å². The summed E-state index contributed by atoms with van der Waals surface area (Å²) in [7, 11) is 0. The van der Waals surface area contributed by atoms with Gasteiger partial charge in [0.25, 0.3) is 0 Å². The molecule has 3 nitrogen and oxygen atoms in total. The Labute approximate surface area is 132 Å². The molecule has 2 aliphatic carbocycles. The Bertz CT molecular complexity index is 548. The monoisotopic (exact) mass is 306 g/mol. The number of benzene rings is 1. The molecule has 2 unspecified atom stereocenters. The minimum atomic E-state index is 0. The van der Waals surface area contributed by atoms with Crippen LogP contribution in [0.2, 0.25) is 0 Å². The third kappa shape index (κ3) is 2.32. The number of hydrogen-bond acceptors (Lipinski definition) is 2. The molecule has 2 atom stereocenters. The first kappa shape index (κ1) is 14.7. The first-order valence-electron chi connectivity index (χ1n) is 7.96. The quantitative estimate of drug-likeness (QED) is 0.808. The molecule has 114 valence electrons. The van der Waals surface area contributed by atoms with E-state index in [0.29, 0.717) is 23.7 Å². The zero-order valence-corrected chi connectivity index (χ0v) is 13.1. The van der Waals surface area contributed by atoms with Gasteiger partial charge in [-0.3, -0.25) is 4.79 Å². The molecule has 2 saturated carbocycles. The Kier molecular flexibility index (Phi) is 3.87. The lowest BCUT2D eigenvalue weighted by atomic mass is 9.99. The Morgan fingerprint density at radius 2 is 1.86 bits per heavy atom. The smallest absolute Gasteiger partial charge is 0.230 e. The van der Waals surface area contributed by atoms with E-state index in [2.05, 4.69) is 6.07 Å². The summed E-state index contributed by atoms with van der Waals surface area (Å²) in [6.45, 7) is 0.866. The van der Waals surface area contributed by atoms with Gasteiger partial charge in [0.2, 0.25) is 5.91 Å². The van der Waals surface area contributed by atoms with E-state index in [0.717, 1.165) is 30.8 Å². The van der Waals surface area contributed by atoms with Crippen LogP contribution in [-0.2, 0) is 11.2 Å². The number of fused-ring (bicyclic) bond motifs is 2. The van der Waals surface area contributed by atoms with Crippen LogP contribution in [0.1, 0.15) is 37.7 Å². The number of nitrogens with two attached hydrogens (primary N) is 1. The molecule has 4 rings (SSSR count). The predicted molar refractivity (Wildman–Crippen MR) is 87.7 cm³/mol. The van der Waals surface area contributed by atoms with Crippen molar-refractivity contribution in [2.75, 3.05) is 17.2 Å². The predicted octanol–water partition coefficient (Wildman–Crippen LogP) is 3.41. The lowest BCUT2D eigenvalue weighted by Gasteiger charge is -2.30. The van der Waals surface area contributed by atoms with Crippen LogP contribution in [0.4, 0.5) is 11.4 Å². The van der Waals surface area contributed by atoms with Crippen molar-refractivity contribution in [2.45, 2.75) is 38.5 Å². The van der Waals surface area contributed by atoms with Crippen LogP contribution in [0.15, 0.2) is 18.2 Å². The van der Waals surface area contributed by atoms with Gasteiger partial charge in [-0.25, -0.2) is 0 Å². The molecular weight excluding hydrogens is 284 g/mol. The maximum Gasteiger partial charge on any atom is 0.230 e. The molecule has 0 bridgehead atoms. The first-order chi connectivity index (χ1) is 9.77. The van der Waals surface area contributed by atoms with Gasteiger partial charge in [-0.1, -0.05) is 18.9 Å². The summed E-state index contributed by atoms with van der Waals surface area (Å²) in [5, 5.41) is 0. The standard InChI is InChI=1S/C17H22N2O.ClH/c18-14-8-3-9-15-13(14)7-4-10-19(15)17(20)16-11-5-1-2-6-12(11)16;/h3,8-9,11-12,16H,1-2,4-7,10,18H2;1H. The highest BCUT2D eigenvalue weighted by Crippen LogP contribution is 2.56. The number of halogens is 1. The summed E-state index contributed by atoms with van der Waals surface area (Å²) in [6, 6.07) is 5.98. The summed E-state index contributed by atoms with van der Waals surface area (Å²) < 4.78 is 0. The normalized spacial score (nSPS) is 29.9. The largest absolute Gasteiger partial charge is 0.398 e. The molecule has 0 radical (unpaired) electrons. The summed E-state index contributed by atoms with van der Waals surface area (Å²) in [5.74, 6) is 2.05. The fourth-order valence-corrected chi connectivity index (χ4v) is 4.42. The first-order valence-corrected chi connectivity index (χ1v) is 7.96. The van der Waals surface area contributed by atoms with Gasteiger partial charge < -0.3 is 10.6 Å². The van der Waals surface area contributed by atoms with E-state index in [1.807, 2.05) is 17.0 Å². The molecule has 1 aromatic rings. The highest BCUT2D eigenvalue weighted by molar-refractivity contribution is 5.99. The third-order valence-corrected chi connectivity index (χ3v) is 5.49. The summed E-state index contributed by atoms with van der Waals surface area (Å²) in [4.78, 5) is 14.9. The number of carbonyl (C=O) groups is 1. The van der Waals surface area contributed by atoms with Crippen molar-refractivity contribution in [1.82, 2.24) is 0 Å². The van der Waals surface area contributed by atoms with E-state index >= 15 is 0 Å². The lowest BCUT2D eigenvalue weighted by Crippen LogP contribution is -2.37. The SMILES string of the molecule is Cl.Nc1cccc2c1CCCN2C(=O)C1C2CCCCC21. The highest BCUT2D eigenvalue weighted by Gasteiger charge is 2.56. The molecule has 1 heterocycles. The van der Waals surface area contributed by atoms with Crippen LogP contribution >= 0.6 is 12.4 Å². The van der Waals surface area contributed by atoms with E-state index in [4.69, 9.17) is 5.73 Å². The molecular formula is C17H23ClN2O. The number of hydrogen-bond donors (Lipinski definition) is 1. The van der Waals surface area contributed by atoms with Crippen LogP contribution in [0, 0.1) is 17.8 Å². The van der Waals surface area contributed by atoms with Gasteiger partial charge in [-0.15, -0.1) is 12.4 Å². The molecule has 0 spiro atoms. The van der Waals surface area contributed by atoms with Gasteiger partial charge >= 0.3 is 0 Å². The second-order valence-corrected chi connectivity index (χ2v) is 6.58. The number of carbonyl (C=O) groups excluding carboxylic acids is 1. The van der Waals surface area contributed by atoms with Crippen LogP contribution in [0.3, 0.4) is 0 Å². The maximum absolute atomic E-state index is 12.9. The van der Waals surface area contributed by atoms with Gasteiger partial charge in [0.15, 0.2) is 0 Å². The lowest BCUT2D eigenvalue weighted by molar-refractivity contribution is -0.120. The van der Waals surface area contributed by atoms with Crippen molar-refractivity contribution in [3.8, 4) is 0 Å². The second kappa shape index (κ2) is 5.53. The van der Waals surface area contributed by atoms with E-state index in [1.54, 1.807) is 0 Å². The fourth-order valence-electron chi connectivity index (χ4n) is 4.42. The summed E-state index contributed by atoms with van der Waals surface area (Å²) in [5.41, 5.74) is 9.17. The minimum absolute atomic E-state index is 0. The van der Waals surface area contributed by atoms with E-state index in [9.17, 15) is 4.79 Å². The average molecular weight is 307 g/mol. The maximum atomic E-state index is 12.9. The Balaban J connectivity index is 0.00000132. The van der Waals surface area contributed by atoms with E-state index in [-0.39, 0.29) is 12.4 Å². The number of anilines is 2. The molecule has 4 heteroatoms. The average Bonchev–Trinajstić information content (AvgIpc) is 3.21. The van der Waals surface area contributed by atoms with Gasteiger partial charge in [-0.2, -0.15) is 0 Å². The molecule has 1 aromatic carbocycles. The zero-order chi connectivity index (χ0) is 13.7. The molecule has 2 fully saturated rings. The topological polar surface area (TPSA) is 46.3 Å². The number of nitrogens with zero attached hydrogens (tertiary/aromatic N) is 1. The van der Waals surface area contributed by atoms with Gasteiger partial charge in [-0.05, 0) is 55.2 Å². The fraction of sp³-hybridized carbons (Fsp3) is 0.588. The van der Waals surface area contributed by atoms with Crippen molar-refractivity contribution in [3.05, 3.63) is 23.8 Å². The number of nitrogen functional groups attached to an aromatic ring is 1.